The van der Waals surface area contributed by atoms with Gasteiger partial charge in [0, 0.05) is 45.5 Å². The van der Waals surface area contributed by atoms with Crippen molar-refractivity contribution in [3.63, 3.8) is 0 Å². The fourth-order valence-electron chi connectivity index (χ4n) is 10.9. The van der Waals surface area contributed by atoms with Crippen LogP contribution in [-0.4, -0.2) is 6.71 Å². The smallest absolute Gasteiger partial charge is 0.297 e. The topological polar surface area (TPSA) is 36.0 Å². The highest BCUT2D eigenvalue weighted by Crippen LogP contribution is 2.50. The lowest BCUT2D eigenvalue weighted by atomic mass is 9.35. The summed E-state index contributed by atoms with van der Waals surface area (Å²) in [4.78, 5) is 7.29. The Labute approximate surface area is 419 Å². The number of fused-ring (bicyclic) bond motifs is 8. The van der Waals surface area contributed by atoms with E-state index in [4.69, 9.17) is 8.83 Å². The van der Waals surface area contributed by atoms with E-state index >= 15 is 0 Å². The number of rotatable bonds is 6. The van der Waals surface area contributed by atoms with Crippen molar-refractivity contribution in [1.29, 1.82) is 0 Å². The molecule has 0 fully saturated rings. The minimum Gasteiger partial charge on any atom is -0.464 e. The van der Waals surface area contributed by atoms with E-state index in [0.29, 0.717) is 0 Å². The maximum Gasteiger partial charge on any atom is 0.297 e. The largest absolute Gasteiger partial charge is 0.464 e. The van der Waals surface area contributed by atoms with E-state index in [1.165, 1.54) is 27.7 Å². The molecule has 0 atom stereocenters. The van der Waals surface area contributed by atoms with Crippen LogP contribution < -0.4 is 31.3 Å². The molecule has 0 radical (unpaired) electrons. The van der Waals surface area contributed by atoms with Gasteiger partial charge < -0.3 is 23.5 Å². The molecule has 0 spiro atoms. The maximum atomic E-state index is 7.36. The number of para-hydroxylation sites is 2. The van der Waals surface area contributed by atoms with Crippen molar-refractivity contribution in [3.8, 4) is 11.1 Å². The molecule has 0 aliphatic carbocycles. The molecule has 5 nitrogen and oxygen atoms in total. The Morgan fingerprint density at radius 1 is 0.437 bits per heavy atom. The minimum absolute atomic E-state index is 0.0267. The lowest BCUT2D eigenvalue weighted by molar-refractivity contribution is 0.590. The Hall–Kier alpha value is -7.70. The molecule has 10 aromatic rings. The van der Waals surface area contributed by atoms with E-state index in [1.54, 1.807) is 0 Å². The number of anilines is 9. The molecular weight excluding hydrogens is 866 g/mol. The zero-order valence-corrected chi connectivity index (χ0v) is 42.6. The minimum atomic E-state index is -0.240. The van der Waals surface area contributed by atoms with E-state index < -0.39 is 0 Å². The predicted molar refractivity (Wildman–Crippen MR) is 301 cm³/mol. The first kappa shape index (κ1) is 44.5. The summed E-state index contributed by atoms with van der Waals surface area (Å²) in [6.07, 6.45) is 0. The van der Waals surface area contributed by atoms with Gasteiger partial charge in [-0.3, -0.25) is 0 Å². The second kappa shape index (κ2) is 16.2. The summed E-state index contributed by atoms with van der Waals surface area (Å²) in [7, 11) is 0. The van der Waals surface area contributed by atoms with Crippen LogP contribution in [0.15, 0.2) is 191 Å². The molecule has 2 aliphatic rings. The average Bonchev–Trinajstić information content (AvgIpc) is 3.90. The highest BCUT2D eigenvalue weighted by molar-refractivity contribution is 7.00. The molecule has 0 bridgehead atoms. The SMILES string of the molecule is Cc1cc2c3c(c1)N(c1cccc(-c4ccc(C(C)(C)C)cc4)c1)c1c(oc4c1oc1ccccc14)B3c1ccc(N(c3ccc(C(C)(C)C)cc3)c3ccc(C(C)(C)C)cc3)cc1N2c1ccccc1. The summed E-state index contributed by atoms with van der Waals surface area (Å²) in [5.74, 6) is 0. The number of hydrogen-bond donors (Lipinski definition) is 0. The van der Waals surface area contributed by atoms with Crippen molar-refractivity contribution in [3.05, 3.63) is 204 Å². The fourth-order valence-corrected chi connectivity index (χ4v) is 10.9. The normalized spacial score (nSPS) is 13.4. The zero-order chi connectivity index (χ0) is 49.1. The predicted octanol–water partition coefficient (Wildman–Crippen LogP) is 16.6. The first-order valence-electron chi connectivity index (χ1n) is 25.1. The Balaban J connectivity index is 1.10. The fraction of sp³-hybridized carbons (Fsp3) is 0.200. The summed E-state index contributed by atoms with van der Waals surface area (Å²) < 4.78 is 14.3. The summed E-state index contributed by atoms with van der Waals surface area (Å²) in [5, 5.41) is 0.966. The highest BCUT2D eigenvalue weighted by Gasteiger charge is 2.48. The molecule has 0 unspecified atom stereocenters. The molecule has 0 amide bonds. The van der Waals surface area contributed by atoms with Crippen LogP contribution in [0.5, 0.6) is 0 Å². The lowest BCUT2D eigenvalue weighted by Crippen LogP contribution is -2.61. The molecule has 350 valence electrons. The van der Waals surface area contributed by atoms with Crippen LogP contribution in [0.4, 0.5) is 51.2 Å². The first-order valence-corrected chi connectivity index (χ1v) is 25.1. The van der Waals surface area contributed by atoms with Gasteiger partial charge >= 0.3 is 0 Å². The summed E-state index contributed by atoms with van der Waals surface area (Å²) in [6, 6.07) is 67.1. The number of furan rings is 2. The van der Waals surface area contributed by atoms with Gasteiger partial charge in [-0.15, -0.1) is 0 Å². The third kappa shape index (κ3) is 7.46. The third-order valence-electron chi connectivity index (χ3n) is 14.8. The highest BCUT2D eigenvalue weighted by atomic mass is 16.4. The van der Waals surface area contributed by atoms with Crippen LogP contribution in [0.25, 0.3) is 33.3 Å². The van der Waals surface area contributed by atoms with E-state index in [0.717, 1.165) is 95.6 Å². The molecule has 8 aromatic carbocycles. The maximum absolute atomic E-state index is 7.36. The molecule has 2 aliphatic heterocycles. The molecule has 6 heteroatoms. The van der Waals surface area contributed by atoms with Gasteiger partial charge in [-0.2, -0.15) is 0 Å². The van der Waals surface area contributed by atoms with E-state index in [1.807, 2.05) is 12.1 Å². The van der Waals surface area contributed by atoms with Crippen molar-refractivity contribution >= 4 is 96.6 Å². The second-order valence-electron chi connectivity index (χ2n) is 22.8. The molecular formula is C65H60BN3O2. The summed E-state index contributed by atoms with van der Waals surface area (Å²) in [6.45, 7) is 22.4. The van der Waals surface area contributed by atoms with Crippen LogP contribution in [0.3, 0.4) is 0 Å². The van der Waals surface area contributed by atoms with Gasteiger partial charge in [0.15, 0.2) is 11.2 Å². The molecule has 0 saturated heterocycles. The van der Waals surface area contributed by atoms with Gasteiger partial charge in [0.25, 0.3) is 6.71 Å². The van der Waals surface area contributed by atoms with Crippen LogP contribution in [0.2, 0.25) is 0 Å². The Morgan fingerprint density at radius 3 is 1.61 bits per heavy atom. The second-order valence-corrected chi connectivity index (χ2v) is 22.8. The monoisotopic (exact) mass is 925 g/mol. The lowest BCUT2D eigenvalue weighted by Gasteiger charge is -2.43. The molecule has 0 saturated carbocycles. The Bertz CT molecular complexity index is 3600. The van der Waals surface area contributed by atoms with Crippen LogP contribution in [-0.2, 0) is 16.2 Å². The van der Waals surface area contributed by atoms with Crippen LogP contribution >= 0.6 is 0 Å². The molecule has 2 aromatic heterocycles. The zero-order valence-electron chi connectivity index (χ0n) is 42.6. The van der Waals surface area contributed by atoms with Gasteiger partial charge in [-0.25, -0.2) is 0 Å². The van der Waals surface area contributed by atoms with Crippen LogP contribution in [0.1, 0.15) is 84.6 Å². The number of benzene rings is 8. The van der Waals surface area contributed by atoms with Gasteiger partial charge in [-0.1, -0.05) is 159 Å². The van der Waals surface area contributed by atoms with Gasteiger partial charge in [0.1, 0.15) is 16.9 Å². The van der Waals surface area contributed by atoms with Crippen molar-refractivity contribution in [2.45, 2.75) is 85.5 Å². The van der Waals surface area contributed by atoms with Crippen molar-refractivity contribution in [2.24, 2.45) is 0 Å². The van der Waals surface area contributed by atoms with Gasteiger partial charge in [0.2, 0.25) is 0 Å². The molecule has 4 heterocycles. The molecule has 0 N–H and O–H groups in total. The number of nitrogens with zero attached hydrogens (tertiary/aromatic N) is 3. The summed E-state index contributed by atoms with van der Waals surface area (Å²) >= 11 is 0. The number of aryl methyl sites for hydroxylation is 1. The third-order valence-corrected chi connectivity index (χ3v) is 14.8. The summed E-state index contributed by atoms with van der Waals surface area (Å²) in [5.41, 5.74) is 22.7. The van der Waals surface area contributed by atoms with Gasteiger partial charge in [0.05, 0.1) is 5.39 Å². The molecule has 12 rings (SSSR count). The average molecular weight is 926 g/mol. The van der Waals surface area contributed by atoms with Crippen LogP contribution in [0, 0.1) is 6.92 Å². The Kier molecular flexibility index (Phi) is 10.1. The Morgan fingerprint density at radius 2 is 0.986 bits per heavy atom. The van der Waals surface area contributed by atoms with Crippen molar-refractivity contribution < 1.29 is 8.83 Å². The van der Waals surface area contributed by atoms with E-state index in [9.17, 15) is 0 Å². The molecule has 71 heavy (non-hydrogen) atoms. The van der Waals surface area contributed by atoms with E-state index in [2.05, 4.69) is 254 Å². The quantitative estimate of drug-likeness (QED) is 0.155. The standard InChI is InChI=1S/C65H60BN3O2/c1-41-37-55-58-56(38-41)69(50-20-16-17-43(39-50)42-23-25-44(26-24-42)63(2,3)4)59-61-60(52-21-14-15-22-57(52)70-61)71-62(59)66(58)53-36-35-51(40-54(53)68(55)47-18-12-11-13-19-47)67(48-31-27-45(28-32-48)64(5,6)7)49-33-29-46(30-34-49)65(8,9)10/h11-40H,1-10H3. The van der Waals surface area contributed by atoms with Crippen molar-refractivity contribution in [1.82, 2.24) is 0 Å². The van der Waals surface area contributed by atoms with Crippen molar-refractivity contribution in [2.75, 3.05) is 14.7 Å². The first-order chi connectivity index (χ1) is 34.0. The van der Waals surface area contributed by atoms with E-state index in [-0.39, 0.29) is 23.0 Å². The van der Waals surface area contributed by atoms with Gasteiger partial charge in [-0.05, 0) is 152 Å². The number of hydrogen-bond acceptors (Lipinski definition) is 5.